The van der Waals surface area contributed by atoms with Crippen LogP contribution in [0.3, 0.4) is 0 Å². The molecule has 5 aromatic rings. The number of fused-ring (bicyclic) bond motifs is 2. The number of hydrogen-bond acceptors (Lipinski definition) is 3. The SMILES string of the molecule is CCCCCCn1c2ccc(-c3cccs3)cc2c(=O)c2cc(-c3cccs3)ccc21. The Labute approximate surface area is 190 Å². The number of rotatable bonds is 7. The molecule has 0 saturated heterocycles. The molecule has 0 amide bonds. The van der Waals surface area contributed by atoms with Gasteiger partial charge in [-0.3, -0.25) is 4.79 Å². The summed E-state index contributed by atoms with van der Waals surface area (Å²) in [4.78, 5) is 16.0. The van der Waals surface area contributed by atoms with Gasteiger partial charge in [-0.15, -0.1) is 22.7 Å². The molecule has 0 atom stereocenters. The van der Waals surface area contributed by atoms with Gasteiger partial charge in [0.25, 0.3) is 0 Å². The van der Waals surface area contributed by atoms with Crippen LogP contribution in [0.2, 0.25) is 0 Å². The topological polar surface area (TPSA) is 22.0 Å². The van der Waals surface area contributed by atoms with Crippen LogP contribution in [-0.4, -0.2) is 4.57 Å². The molecular weight excluding hydrogens is 418 g/mol. The molecule has 0 aliphatic rings. The first-order valence-corrected chi connectivity index (χ1v) is 12.7. The molecule has 0 fully saturated rings. The molecular formula is C27H25NOS2. The minimum atomic E-state index is 0.131. The number of aryl methyl sites for hydroxylation is 1. The summed E-state index contributed by atoms with van der Waals surface area (Å²) >= 11 is 3.42. The summed E-state index contributed by atoms with van der Waals surface area (Å²) in [5, 5.41) is 5.80. The van der Waals surface area contributed by atoms with Crippen LogP contribution in [-0.2, 0) is 6.54 Å². The zero-order valence-electron chi connectivity index (χ0n) is 17.6. The Morgan fingerprint density at radius 3 is 1.81 bits per heavy atom. The van der Waals surface area contributed by atoms with Crippen LogP contribution in [0.15, 0.2) is 76.2 Å². The van der Waals surface area contributed by atoms with Gasteiger partial charge in [0.05, 0.1) is 11.0 Å². The first-order valence-electron chi connectivity index (χ1n) is 10.9. The zero-order valence-corrected chi connectivity index (χ0v) is 19.3. The molecule has 0 radical (unpaired) electrons. The average Bonchev–Trinajstić information content (AvgIpc) is 3.52. The summed E-state index contributed by atoms with van der Waals surface area (Å²) < 4.78 is 2.36. The molecule has 0 N–H and O–H groups in total. The van der Waals surface area contributed by atoms with Crippen LogP contribution in [0.4, 0.5) is 0 Å². The summed E-state index contributed by atoms with van der Waals surface area (Å²) in [5.74, 6) is 0. The minimum Gasteiger partial charge on any atom is -0.340 e. The second-order valence-corrected chi connectivity index (χ2v) is 9.86. The lowest BCUT2D eigenvalue weighted by molar-refractivity contribution is 0.601. The van der Waals surface area contributed by atoms with Gasteiger partial charge in [0.2, 0.25) is 0 Å². The van der Waals surface area contributed by atoms with E-state index in [1.54, 1.807) is 22.7 Å². The predicted octanol–water partition coefficient (Wildman–Crippen LogP) is 8.19. The standard InChI is InChI=1S/C27H25NOS2/c1-2-3-4-5-14-28-23-12-10-19(25-8-6-15-30-25)17-21(23)27(29)22-18-20(11-13-24(22)28)26-9-7-16-31-26/h6-13,15-18H,2-5,14H2,1H3. The van der Waals surface area contributed by atoms with Crippen molar-refractivity contribution in [3.63, 3.8) is 0 Å². The molecule has 156 valence electrons. The third kappa shape index (κ3) is 3.86. The number of aromatic nitrogens is 1. The van der Waals surface area contributed by atoms with Gasteiger partial charge in [-0.2, -0.15) is 0 Å². The first kappa shape index (κ1) is 20.2. The molecule has 2 nitrogen and oxygen atoms in total. The molecule has 3 heterocycles. The summed E-state index contributed by atoms with van der Waals surface area (Å²) in [5.41, 5.74) is 4.44. The maximum absolute atomic E-state index is 13.7. The van der Waals surface area contributed by atoms with Crippen LogP contribution in [0.1, 0.15) is 32.6 Å². The number of hydrogen-bond donors (Lipinski definition) is 0. The van der Waals surface area contributed by atoms with Crippen molar-refractivity contribution in [2.24, 2.45) is 0 Å². The van der Waals surface area contributed by atoms with Crippen LogP contribution >= 0.6 is 22.7 Å². The second-order valence-electron chi connectivity index (χ2n) is 7.96. The number of unbranched alkanes of at least 4 members (excludes halogenated alkanes) is 3. The molecule has 0 aliphatic heterocycles. The number of pyridine rings is 1. The van der Waals surface area contributed by atoms with Gasteiger partial charge in [0.1, 0.15) is 0 Å². The third-order valence-corrected chi connectivity index (χ3v) is 7.75. The van der Waals surface area contributed by atoms with Gasteiger partial charge < -0.3 is 4.57 Å². The quantitative estimate of drug-likeness (QED) is 0.183. The monoisotopic (exact) mass is 443 g/mol. The highest BCUT2D eigenvalue weighted by Crippen LogP contribution is 2.31. The van der Waals surface area contributed by atoms with Crippen LogP contribution in [0.25, 0.3) is 42.7 Å². The molecule has 31 heavy (non-hydrogen) atoms. The Bertz CT molecular complexity index is 1280. The minimum absolute atomic E-state index is 0.131. The van der Waals surface area contributed by atoms with Crippen molar-refractivity contribution in [1.82, 2.24) is 4.57 Å². The van der Waals surface area contributed by atoms with Crippen LogP contribution in [0, 0.1) is 0 Å². The lowest BCUT2D eigenvalue weighted by Crippen LogP contribution is -2.12. The lowest BCUT2D eigenvalue weighted by Gasteiger charge is -2.16. The van der Waals surface area contributed by atoms with E-state index < -0.39 is 0 Å². The van der Waals surface area contributed by atoms with Gasteiger partial charge >= 0.3 is 0 Å². The number of benzene rings is 2. The summed E-state index contributed by atoms with van der Waals surface area (Å²) in [6.45, 7) is 3.17. The highest BCUT2D eigenvalue weighted by atomic mass is 32.1. The summed E-state index contributed by atoms with van der Waals surface area (Å²) in [6.07, 6.45) is 4.81. The van der Waals surface area contributed by atoms with Gasteiger partial charge in [0, 0.05) is 27.1 Å². The smallest absolute Gasteiger partial charge is 0.197 e. The van der Waals surface area contributed by atoms with Gasteiger partial charge in [-0.25, -0.2) is 0 Å². The molecule has 0 spiro atoms. The molecule has 0 bridgehead atoms. The van der Waals surface area contributed by atoms with E-state index in [1.165, 1.54) is 29.0 Å². The van der Waals surface area contributed by atoms with E-state index in [2.05, 4.69) is 82.9 Å². The van der Waals surface area contributed by atoms with Crippen molar-refractivity contribution in [1.29, 1.82) is 0 Å². The third-order valence-electron chi connectivity index (χ3n) is 5.91. The largest absolute Gasteiger partial charge is 0.340 e. The van der Waals surface area contributed by atoms with Crippen molar-refractivity contribution in [3.05, 3.63) is 81.6 Å². The molecule has 0 aliphatic carbocycles. The lowest BCUT2D eigenvalue weighted by atomic mass is 10.0. The van der Waals surface area contributed by atoms with Crippen molar-refractivity contribution in [2.45, 2.75) is 39.2 Å². The molecule has 4 heteroatoms. The highest BCUT2D eigenvalue weighted by molar-refractivity contribution is 7.13. The number of thiophene rings is 2. The number of nitrogens with zero attached hydrogens (tertiary/aromatic N) is 1. The van der Waals surface area contributed by atoms with E-state index in [9.17, 15) is 4.79 Å². The van der Waals surface area contributed by atoms with Crippen LogP contribution in [0.5, 0.6) is 0 Å². The Hall–Kier alpha value is -2.69. The fourth-order valence-corrected chi connectivity index (χ4v) is 5.76. The van der Waals surface area contributed by atoms with Crippen LogP contribution < -0.4 is 5.43 Å². The second kappa shape index (κ2) is 8.81. The molecule has 0 saturated carbocycles. The van der Waals surface area contributed by atoms with E-state index in [4.69, 9.17) is 0 Å². The van der Waals surface area contributed by atoms with Gasteiger partial charge in [-0.05, 0) is 64.7 Å². The normalized spacial score (nSPS) is 11.5. The Kier molecular flexibility index (Phi) is 5.75. The Balaban J connectivity index is 1.73. The van der Waals surface area contributed by atoms with E-state index >= 15 is 0 Å². The van der Waals surface area contributed by atoms with E-state index in [0.717, 1.165) is 45.9 Å². The molecule has 0 unspecified atom stereocenters. The molecule has 3 aromatic heterocycles. The maximum Gasteiger partial charge on any atom is 0.197 e. The van der Waals surface area contributed by atoms with Crippen molar-refractivity contribution in [2.75, 3.05) is 0 Å². The summed E-state index contributed by atoms with van der Waals surface area (Å²) in [6, 6.07) is 21.1. The average molecular weight is 444 g/mol. The maximum atomic E-state index is 13.7. The van der Waals surface area contributed by atoms with Crippen molar-refractivity contribution < 1.29 is 0 Å². The van der Waals surface area contributed by atoms with Gasteiger partial charge in [-0.1, -0.05) is 50.5 Å². The van der Waals surface area contributed by atoms with E-state index in [-0.39, 0.29) is 5.43 Å². The Morgan fingerprint density at radius 1 is 0.742 bits per heavy atom. The van der Waals surface area contributed by atoms with E-state index in [1.807, 2.05) is 0 Å². The van der Waals surface area contributed by atoms with Gasteiger partial charge in [0.15, 0.2) is 5.43 Å². The fraction of sp³-hybridized carbons (Fsp3) is 0.222. The van der Waals surface area contributed by atoms with E-state index in [0.29, 0.717) is 0 Å². The van der Waals surface area contributed by atoms with Crippen molar-refractivity contribution >= 4 is 44.5 Å². The highest BCUT2D eigenvalue weighted by Gasteiger charge is 2.14. The molecule has 2 aromatic carbocycles. The summed E-state index contributed by atoms with van der Waals surface area (Å²) in [7, 11) is 0. The first-order chi connectivity index (χ1) is 15.3. The Morgan fingerprint density at radius 2 is 1.32 bits per heavy atom. The molecule has 5 rings (SSSR count). The fourth-order valence-electron chi connectivity index (χ4n) is 4.31. The zero-order chi connectivity index (χ0) is 21.2. The predicted molar refractivity (Wildman–Crippen MR) is 136 cm³/mol. The van der Waals surface area contributed by atoms with Crippen molar-refractivity contribution in [3.8, 4) is 20.9 Å².